The smallest absolute Gasteiger partial charge is 0.125 e. The van der Waals surface area contributed by atoms with Crippen molar-refractivity contribution in [1.82, 2.24) is 0 Å². The summed E-state index contributed by atoms with van der Waals surface area (Å²) in [6.45, 7) is 5.25. The predicted molar refractivity (Wildman–Crippen MR) is 81.2 cm³/mol. The molecule has 3 rings (SSSR count). The van der Waals surface area contributed by atoms with Crippen LogP contribution in [0.4, 0.5) is 0 Å². The van der Waals surface area contributed by atoms with Crippen LogP contribution in [0.5, 0.6) is 5.75 Å². The molecule has 1 N–H and O–H groups in total. The van der Waals surface area contributed by atoms with Crippen LogP contribution in [-0.4, -0.2) is 11.2 Å². The Morgan fingerprint density at radius 2 is 1.81 bits per heavy atom. The lowest BCUT2D eigenvalue weighted by Gasteiger charge is -2.18. The predicted octanol–water partition coefficient (Wildman–Crippen LogP) is 3.59. The fourth-order valence-electron chi connectivity index (χ4n) is 2.61. The molecule has 0 radical (unpaired) electrons. The van der Waals surface area contributed by atoms with Gasteiger partial charge in [-0.05, 0) is 36.6 Å². The molecule has 0 amide bonds. The summed E-state index contributed by atoms with van der Waals surface area (Å²) in [5.41, 5.74) is 4.04. The van der Waals surface area contributed by atoms with Crippen LogP contribution in [0.15, 0.2) is 42.5 Å². The van der Waals surface area contributed by atoms with E-state index in [0.29, 0.717) is 13.2 Å². The van der Waals surface area contributed by atoms with Gasteiger partial charge in [0.1, 0.15) is 11.9 Å². The summed E-state index contributed by atoms with van der Waals surface area (Å²) in [7, 11) is 0. The van der Waals surface area contributed by atoms with Gasteiger partial charge in [0.2, 0.25) is 0 Å². The van der Waals surface area contributed by atoms with Gasteiger partial charge in [0.15, 0.2) is 0 Å². The Bertz CT molecular complexity index is 634. The largest absolute Gasteiger partial charge is 0.491 e. The first-order chi connectivity index (χ1) is 10.1. The van der Waals surface area contributed by atoms with Gasteiger partial charge in [0, 0.05) is 5.56 Å². The van der Waals surface area contributed by atoms with Gasteiger partial charge in [-0.1, -0.05) is 36.4 Å². The average molecular weight is 284 g/mol. The monoisotopic (exact) mass is 284 g/mol. The van der Waals surface area contributed by atoms with Crippen LogP contribution < -0.4 is 4.74 Å². The normalized spacial score (nSPS) is 15.0. The molecule has 0 saturated carbocycles. The Kier molecular flexibility index (Phi) is 3.95. The zero-order valence-electron chi connectivity index (χ0n) is 12.4. The summed E-state index contributed by atoms with van der Waals surface area (Å²) < 4.78 is 11.2. The summed E-state index contributed by atoms with van der Waals surface area (Å²) in [5, 5.41) is 10.7. The SMILES string of the molecule is CC(C)Oc1ccccc1C(O)c1ccc2c(c1)COC2. The molecule has 0 fully saturated rings. The second-order valence-corrected chi connectivity index (χ2v) is 5.63. The van der Waals surface area contributed by atoms with E-state index in [1.54, 1.807) is 0 Å². The molecular weight excluding hydrogens is 264 g/mol. The fraction of sp³-hybridized carbons (Fsp3) is 0.333. The molecule has 1 atom stereocenters. The molecule has 1 heterocycles. The van der Waals surface area contributed by atoms with Gasteiger partial charge in [0.05, 0.1) is 19.3 Å². The van der Waals surface area contributed by atoms with Crippen molar-refractivity contribution in [2.45, 2.75) is 39.3 Å². The molecule has 0 bridgehead atoms. The molecule has 3 nitrogen and oxygen atoms in total. The van der Waals surface area contributed by atoms with E-state index in [9.17, 15) is 5.11 Å². The summed E-state index contributed by atoms with van der Waals surface area (Å²) in [6, 6.07) is 13.7. The van der Waals surface area contributed by atoms with Crippen LogP contribution in [0.3, 0.4) is 0 Å². The number of benzene rings is 2. The molecule has 0 aliphatic carbocycles. The number of hydrogen-bond donors (Lipinski definition) is 1. The number of aliphatic hydroxyl groups is 1. The van der Waals surface area contributed by atoms with Crippen molar-refractivity contribution in [3.05, 3.63) is 64.7 Å². The van der Waals surface area contributed by atoms with Crippen LogP contribution in [0.25, 0.3) is 0 Å². The second kappa shape index (κ2) is 5.88. The highest BCUT2D eigenvalue weighted by molar-refractivity contribution is 5.43. The zero-order chi connectivity index (χ0) is 14.8. The van der Waals surface area contributed by atoms with Gasteiger partial charge in [-0.25, -0.2) is 0 Å². The maximum Gasteiger partial charge on any atom is 0.125 e. The standard InChI is InChI=1S/C18H20O3/c1-12(2)21-17-6-4-3-5-16(17)18(19)13-7-8-14-10-20-11-15(14)9-13/h3-9,12,18-19H,10-11H2,1-2H3. The Morgan fingerprint density at radius 1 is 1.05 bits per heavy atom. The Labute approximate surface area is 125 Å². The third-order valence-electron chi connectivity index (χ3n) is 3.64. The van der Waals surface area contributed by atoms with Gasteiger partial charge >= 0.3 is 0 Å². The second-order valence-electron chi connectivity index (χ2n) is 5.63. The quantitative estimate of drug-likeness (QED) is 0.932. The topological polar surface area (TPSA) is 38.7 Å². The van der Waals surface area contributed by atoms with Crippen molar-refractivity contribution in [2.24, 2.45) is 0 Å². The van der Waals surface area contributed by atoms with E-state index in [-0.39, 0.29) is 6.10 Å². The van der Waals surface area contributed by atoms with E-state index in [0.717, 1.165) is 22.4 Å². The van der Waals surface area contributed by atoms with Crippen molar-refractivity contribution in [1.29, 1.82) is 0 Å². The first-order valence-corrected chi connectivity index (χ1v) is 7.28. The highest BCUT2D eigenvalue weighted by atomic mass is 16.5. The van der Waals surface area contributed by atoms with Crippen LogP contribution >= 0.6 is 0 Å². The van der Waals surface area contributed by atoms with E-state index < -0.39 is 6.10 Å². The molecule has 2 aromatic carbocycles. The summed E-state index contributed by atoms with van der Waals surface area (Å²) in [6.07, 6.45) is -0.613. The minimum atomic E-state index is -0.689. The van der Waals surface area contributed by atoms with Crippen molar-refractivity contribution in [2.75, 3.05) is 0 Å². The molecule has 1 aliphatic rings. The van der Waals surface area contributed by atoms with Crippen LogP contribution in [0.1, 0.15) is 42.2 Å². The maximum atomic E-state index is 10.7. The number of hydrogen-bond acceptors (Lipinski definition) is 3. The number of aliphatic hydroxyl groups excluding tert-OH is 1. The summed E-state index contributed by atoms with van der Waals surface area (Å²) >= 11 is 0. The minimum Gasteiger partial charge on any atom is -0.491 e. The average Bonchev–Trinajstić information content (AvgIpc) is 2.94. The minimum absolute atomic E-state index is 0.0757. The highest BCUT2D eigenvalue weighted by Gasteiger charge is 2.19. The molecule has 110 valence electrons. The molecule has 0 aromatic heterocycles. The van der Waals surface area contributed by atoms with E-state index in [4.69, 9.17) is 9.47 Å². The third-order valence-corrected chi connectivity index (χ3v) is 3.64. The lowest BCUT2D eigenvalue weighted by molar-refractivity contribution is 0.134. The Hall–Kier alpha value is -1.84. The number of ether oxygens (including phenoxy) is 2. The highest BCUT2D eigenvalue weighted by Crippen LogP contribution is 2.32. The molecule has 0 spiro atoms. The zero-order valence-corrected chi connectivity index (χ0v) is 12.4. The number of rotatable bonds is 4. The van der Waals surface area contributed by atoms with Gasteiger partial charge in [-0.2, -0.15) is 0 Å². The van der Waals surface area contributed by atoms with Crippen LogP contribution in [0, 0.1) is 0 Å². The molecule has 1 aliphatic heterocycles. The van der Waals surface area contributed by atoms with Gasteiger partial charge in [-0.15, -0.1) is 0 Å². The number of para-hydroxylation sites is 1. The molecule has 0 saturated heterocycles. The van der Waals surface area contributed by atoms with E-state index in [1.165, 1.54) is 5.56 Å². The summed E-state index contributed by atoms with van der Waals surface area (Å²) in [5.74, 6) is 0.733. The first kappa shape index (κ1) is 14.1. The van der Waals surface area contributed by atoms with Crippen molar-refractivity contribution >= 4 is 0 Å². The Morgan fingerprint density at radius 3 is 2.62 bits per heavy atom. The van der Waals surface area contributed by atoms with E-state index in [1.807, 2.05) is 56.3 Å². The lowest BCUT2D eigenvalue weighted by Crippen LogP contribution is -2.10. The summed E-state index contributed by atoms with van der Waals surface area (Å²) in [4.78, 5) is 0. The molecular formula is C18H20O3. The van der Waals surface area contributed by atoms with Crippen molar-refractivity contribution in [3.8, 4) is 5.75 Å². The fourth-order valence-corrected chi connectivity index (χ4v) is 2.61. The maximum absolute atomic E-state index is 10.7. The molecule has 21 heavy (non-hydrogen) atoms. The molecule has 2 aromatic rings. The van der Waals surface area contributed by atoms with Gasteiger partial charge in [0.25, 0.3) is 0 Å². The van der Waals surface area contributed by atoms with Crippen LogP contribution in [-0.2, 0) is 18.0 Å². The lowest BCUT2D eigenvalue weighted by atomic mass is 9.97. The van der Waals surface area contributed by atoms with E-state index >= 15 is 0 Å². The van der Waals surface area contributed by atoms with Crippen LogP contribution in [0.2, 0.25) is 0 Å². The third kappa shape index (κ3) is 2.94. The van der Waals surface area contributed by atoms with Gasteiger partial charge < -0.3 is 14.6 Å². The van der Waals surface area contributed by atoms with Crippen molar-refractivity contribution in [3.63, 3.8) is 0 Å². The number of fused-ring (bicyclic) bond motifs is 1. The van der Waals surface area contributed by atoms with E-state index in [2.05, 4.69) is 0 Å². The van der Waals surface area contributed by atoms with Crippen molar-refractivity contribution < 1.29 is 14.6 Å². The molecule has 1 unspecified atom stereocenters. The van der Waals surface area contributed by atoms with Gasteiger partial charge in [-0.3, -0.25) is 0 Å². The Balaban J connectivity index is 1.93. The molecule has 3 heteroatoms. The first-order valence-electron chi connectivity index (χ1n) is 7.28.